The zero-order chi connectivity index (χ0) is 19.8. The Morgan fingerprint density at radius 2 is 2.07 bits per heavy atom. The number of carbonyl (C=O) groups excluding carboxylic acids is 1. The van der Waals surface area contributed by atoms with E-state index in [9.17, 15) is 4.79 Å². The second-order valence-electron chi connectivity index (χ2n) is 6.59. The molecule has 0 radical (unpaired) electrons. The van der Waals surface area contributed by atoms with Gasteiger partial charge in [0.25, 0.3) is 0 Å². The Morgan fingerprint density at radius 1 is 1.29 bits per heavy atom. The predicted octanol–water partition coefficient (Wildman–Crippen LogP) is 5.00. The number of benzene rings is 2. The van der Waals surface area contributed by atoms with Crippen LogP contribution < -0.4 is 9.54 Å². The monoisotopic (exact) mass is 392 g/mol. The highest BCUT2D eigenvalue weighted by Gasteiger charge is 2.15. The van der Waals surface area contributed by atoms with Gasteiger partial charge in [-0.05, 0) is 49.2 Å². The summed E-state index contributed by atoms with van der Waals surface area (Å²) in [6.07, 6.45) is 1.80. The molecule has 142 valence electrons. The minimum atomic E-state index is -0.420. The van der Waals surface area contributed by atoms with E-state index in [1.807, 2.05) is 16.7 Å². The normalized spacial score (nSPS) is 12.0. The Labute approximate surface area is 166 Å². The second-order valence-corrected chi connectivity index (χ2v) is 7.60. The lowest BCUT2D eigenvalue weighted by molar-refractivity contribution is 0.0973. The highest BCUT2D eigenvalue weighted by atomic mass is 32.1. The van der Waals surface area contributed by atoms with Crippen molar-refractivity contribution < 1.29 is 13.9 Å². The Hall–Kier alpha value is -3.12. The molecule has 0 fully saturated rings. The first-order valence-electron chi connectivity index (χ1n) is 8.89. The molecule has 1 amide bonds. The van der Waals surface area contributed by atoms with Gasteiger partial charge in [0.15, 0.2) is 21.9 Å². The van der Waals surface area contributed by atoms with Crippen molar-refractivity contribution in [2.24, 2.45) is 4.99 Å². The topological polar surface area (TPSA) is 56.7 Å². The Morgan fingerprint density at radius 3 is 2.82 bits per heavy atom. The molecule has 0 aliphatic rings. The number of aryl methyl sites for hydroxylation is 2. The third kappa shape index (κ3) is 3.05. The van der Waals surface area contributed by atoms with Crippen molar-refractivity contribution in [1.82, 2.24) is 4.57 Å². The Bertz CT molecular complexity index is 1290. The number of allylic oxidation sites excluding steroid dienone is 1. The van der Waals surface area contributed by atoms with Gasteiger partial charge in [-0.3, -0.25) is 4.79 Å². The fourth-order valence-corrected chi connectivity index (χ4v) is 4.27. The van der Waals surface area contributed by atoms with Crippen LogP contribution in [0.4, 0.5) is 0 Å². The molecule has 0 atom stereocenters. The fourth-order valence-electron chi connectivity index (χ4n) is 3.16. The zero-order valence-electron chi connectivity index (χ0n) is 16.0. The number of methoxy groups -OCH3 is 1. The lowest BCUT2D eigenvalue weighted by Crippen LogP contribution is -2.16. The molecule has 0 unspecified atom stereocenters. The molecule has 0 saturated heterocycles. The summed E-state index contributed by atoms with van der Waals surface area (Å²) < 4.78 is 14.1. The first-order chi connectivity index (χ1) is 13.5. The molecular weight excluding hydrogens is 372 g/mol. The molecule has 0 bridgehead atoms. The van der Waals surface area contributed by atoms with Gasteiger partial charge in [-0.25, -0.2) is 0 Å². The van der Waals surface area contributed by atoms with Crippen LogP contribution >= 0.6 is 11.3 Å². The summed E-state index contributed by atoms with van der Waals surface area (Å²) >= 11 is 1.49. The molecule has 2 aromatic heterocycles. The lowest BCUT2D eigenvalue weighted by atomic mass is 10.1. The molecule has 2 heterocycles. The molecule has 0 aliphatic carbocycles. The second kappa shape index (κ2) is 7.13. The van der Waals surface area contributed by atoms with Gasteiger partial charge in [0.2, 0.25) is 0 Å². The SMILES string of the molecule is C=CCn1c(=NC(=O)c2cc3cccc(OC)c3o2)sc2cc(C)c(C)cc21. The van der Waals surface area contributed by atoms with E-state index in [1.54, 1.807) is 25.3 Å². The number of aromatic nitrogens is 1. The minimum Gasteiger partial charge on any atom is -0.493 e. The van der Waals surface area contributed by atoms with Gasteiger partial charge >= 0.3 is 5.91 Å². The maximum atomic E-state index is 12.8. The number of furan rings is 1. The zero-order valence-corrected chi connectivity index (χ0v) is 16.8. The van der Waals surface area contributed by atoms with E-state index in [1.165, 1.54) is 22.5 Å². The molecular formula is C22H20N2O3S. The van der Waals surface area contributed by atoms with Crippen LogP contribution in [-0.2, 0) is 6.54 Å². The largest absolute Gasteiger partial charge is 0.493 e. The minimum absolute atomic E-state index is 0.189. The van der Waals surface area contributed by atoms with Crippen molar-refractivity contribution >= 4 is 38.4 Å². The number of para-hydroxylation sites is 1. The van der Waals surface area contributed by atoms with Gasteiger partial charge in [0.1, 0.15) is 0 Å². The summed E-state index contributed by atoms with van der Waals surface area (Å²) in [5.74, 6) is 0.358. The third-order valence-corrected chi connectivity index (χ3v) is 5.79. The molecule has 6 heteroatoms. The molecule has 0 spiro atoms. The first kappa shape index (κ1) is 18.3. The number of hydrogen-bond donors (Lipinski definition) is 0. The van der Waals surface area contributed by atoms with Crippen LogP contribution in [0.5, 0.6) is 5.75 Å². The third-order valence-electron chi connectivity index (χ3n) is 4.75. The van der Waals surface area contributed by atoms with Crippen molar-refractivity contribution in [3.05, 3.63) is 70.7 Å². The van der Waals surface area contributed by atoms with Crippen LogP contribution in [0.15, 0.2) is 58.5 Å². The van der Waals surface area contributed by atoms with E-state index < -0.39 is 5.91 Å². The van der Waals surface area contributed by atoms with Gasteiger partial charge in [-0.1, -0.05) is 29.5 Å². The molecule has 0 aliphatic heterocycles. The number of hydrogen-bond acceptors (Lipinski definition) is 4. The molecule has 0 N–H and O–H groups in total. The van der Waals surface area contributed by atoms with Crippen LogP contribution in [0.2, 0.25) is 0 Å². The van der Waals surface area contributed by atoms with Gasteiger partial charge in [-0.15, -0.1) is 6.58 Å². The van der Waals surface area contributed by atoms with Gasteiger partial charge < -0.3 is 13.7 Å². The average Bonchev–Trinajstić information content (AvgIpc) is 3.25. The van der Waals surface area contributed by atoms with Crippen molar-refractivity contribution in [3.8, 4) is 5.75 Å². The lowest BCUT2D eigenvalue weighted by Gasteiger charge is -2.03. The Kier molecular flexibility index (Phi) is 4.65. The summed E-state index contributed by atoms with van der Waals surface area (Å²) in [7, 11) is 1.57. The number of amides is 1. The number of ether oxygens (including phenoxy) is 1. The maximum Gasteiger partial charge on any atom is 0.315 e. The number of carbonyl (C=O) groups is 1. The van der Waals surface area contributed by atoms with Gasteiger partial charge in [0, 0.05) is 11.9 Å². The molecule has 28 heavy (non-hydrogen) atoms. The highest BCUT2D eigenvalue weighted by molar-refractivity contribution is 7.16. The molecule has 4 rings (SSSR count). The van der Waals surface area contributed by atoms with E-state index in [4.69, 9.17) is 9.15 Å². The van der Waals surface area contributed by atoms with Crippen molar-refractivity contribution in [2.45, 2.75) is 20.4 Å². The number of thiazole rings is 1. The van der Waals surface area contributed by atoms with Crippen LogP contribution in [0, 0.1) is 13.8 Å². The summed E-state index contributed by atoms with van der Waals surface area (Å²) in [6.45, 7) is 8.56. The van der Waals surface area contributed by atoms with E-state index >= 15 is 0 Å². The summed E-state index contributed by atoms with van der Waals surface area (Å²) in [6, 6.07) is 11.5. The van der Waals surface area contributed by atoms with Gasteiger partial charge in [-0.2, -0.15) is 4.99 Å². The van der Waals surface area contributed by atoms with E-state index in [0.29, 0.717) is 22.7 Å². The molecule has 2 aromatic carbocycles. The van der Waals surface area contributed by atoms with E-state index in [0.717, 1.165) is 15.6 Å². The number of nitrogens with zero attached hydrogens (tertiary/aromatic N) is 2. The fraction of sp³-hybridized carbons (Fsp3) is 0.182. The highest BCUT2D eigenvalue weighted by Crippen LogP contribution is 2.29. The van der Waals surface area contributed by atoms with Crippen molar-refractivity contribution in [3.63, 3.8) is 0 Å². The van der Waals surface area contributed by atoms with Crippen LogP contribution in [0.25, 0.3) is 21.2 Å². The summed E-state index contributed by atoms with van der Waals surface area (Å²) in [5.41, 5.74) is 4.00. The quantitative estimate of drug-likeness (QED) is 0.459. The molecule has 4 aromatic rings. The Balaban J connectivity index is 1.86. The van der Waals surface area contributed by atoms with Gasteiger partial charge in [0.05, 0.1) is 17.3 Å². The average molecular weight is 392 g/mol. The van der Waals surface area contributed by atoms with E-state index in [2.05, 4.69) is 37.6 Å². The van der Waals surface area contributed by atoms with E-state index in [-0.39, 0.29) is 5.76 Å². The predicted molar refractivity (Wildman–Crippen MR) is 112 cm³/mol. The van der Waals surface area contributed by atoms with Crippen molar-refractivity contribution in [2.75, 3.05) is 7.11 Å². The van der Waals surface area contributed by atoms with Crippen LogP contribution in [0.3, 0.4) is 0 Å². The smallest absolute Gasteiger partial charge is 0.315 e. The molecule has 5 nitrogen and oxygen atoms in total. The van der Waals surface area contributed by atoms with Crippen molar-refractivity contribution in [1.29, 1.82) is 0 Å². The number of fused-ring (bicyclic) bond motifs is 2. The standard InChI is InChI=1S/C22H20N2O3S/c1-5-9-24-16-10-13(2)14(3)11-19(16)28-22(24)23-21(25)18-12-15-7-6-8-17(26-4)20(15)27-18/h5-8,10-12H,1,9H2,2-4H3. The maximum absolute atomic E-state index is 12.8. The summed E-state index contributed by atoms with van der Waals surface area (Å²) in [5, 5.41) is 0.805. The first-order valence-corrected chi connectivity index (χ1v) is 9.70. The molecule has 0 saturated carbocycles. The van der Waals surface area contributed by atoms with Crippen LogP contribution in [0.1, 0.15) is 21.7 Å². The van der Waals surface area contributed by atoms with Crippen LogP contribution in [-0.4, -0.2) is 17.6 Å². The number of rotatable bonds is 4. The summed E-state index contributed by atoms with van der Waals surface area (Å²) in [4.78, 5) is 17.8.